The molecule has 0 saturated carbocycles. The summed E-state index contributed by atoms with van der Waals surface area (Å²) in [6, 6.07) is 11.5. The fourth-order valence-corrected chi connectivity index (χ4v) is 3.83. The van der Waals surface area contributed by atoms with Crippen LogP contribution in [0.4, 0.5) is 18.0 Å². The average molecular weight is 375 g/mol. The fourth-order valence-electron chi connectivity index (χ4n) is 3.83. The maximum Gasteiger partial charge on any atom is 0.318 e. The second-order valence-corrected chi connectivity index (χ2v) is 6.99. The zero-order valence-corrected chi connectivity index (χ0v) is 14.6. The van der Waals surface area contributed by atoms with Crippen molar-refractivity contribution in [3.05, 3.63) is 71.0 Å². The molecule has 142 valence electrons. The van der Waals surface area contributed by atoms with Crippen molar-refractivity contribution in [2.45, 2.75) is 24.4 Å². The van der Waals surface area contributed by atoms with Gasteiger partial charge < -0.3 is 15.5 Å². The number of carbonyl (C=O) groups is 1. The Kier molecular flexibility index (Phi) is 4.55. The van der Waals surface area contributed by atoms with Gasteiger partial charge in [-0.1, -0.05) is 36.4 Å². The standard InChI is InChI=1S/C20H20F3N3O/c21-15-7-5-14(6-8-15)18-16-4-2-1-3-13(16)9-10-26(18)19(27)25-17-11-24-12-20(17,22)23/h1-8,17-18,24H,9-12H2,(H,25,27)/t17-,18-/m0/s1. The van der Waals surface area contributed by atoms with Gasteiger partial charge in [-0.15, -0.1) is 0 Å². The lowest BCUT2D eigenvalue weighted by Crippen LogP contribution is -2.53. The number of benzene rings is 2. The molecule has 4 rings (SSSR count). The summed E-state index contributed by atoms with van der Waals surface area (Å²) < 4.78 is 41.2. The van der Waals surface area contributed by atoms with E-state index in [1.54, 1.807) is 17.0 Å². The summed E-state index contributed by atoms with van der Waals surface area (Å²) in [6.07, 6.45) is 0.639. The summed E-state index contributed by atoms with van der Waals surface area (Å²) in [6.45, 7) is -0.0108. The third-order valence-corrected chi connectivity index (χ3v) is 5.25. The molecule has 0 aliphatic carbocycles. The van der Waals surface area contributed by atoms with Crippen molar-refractivity contribution in [3.8, 4) is 0 Å². The van der Waals surface area contributed by atoms with Gasteiger partial charge in [-0.2, -0.15) is 0 Å². The van der Waals surface area contributed by atoms with Gasteiger partial charge in [0.25, 0.3) is 5.92 Å². The van der Waals surface area contributed by atoms with Crippen LogP contribution in [0.1, 0.15) is 22.7 Å². The van der Waals surface area contributed by atoms with Crippen LogP contribution in [0.3, 0.4) is 0 Å². The zero-order chi connectivity index (χ0) is 19.0. The Hall–Kier alpha value is -2.54. The molecule has 0 radical (unpaired) electrons. The van der Waals surface area contributed by atoms with E-state index in [9.17, 15) is 18.0 Å². The third-order valence-electron chi connectivity index (χ3n) is 5.25. The van der Waals surface area contributed by atoms with Crippen molar-refractivity contribution in [1.82, 2.24) is 15.5 Å². The van der Waals surface area contributed by atoms with Crippen LogP contribution >= 0.6 is 0 Å². The molecule has 2 heterocycles. The molecule has 2 aliphatic rings. The number of amides is 2. The largest absolute Gasteiger partial charge is 0.328 e. The molecule has 1 saturated heterocycles. The summed E-state index contributed by atoms with van der Waals surface area (Å²) in [5.74, 6) is -3.34. The molecule has 7 heteroatoms. The first kappa shape index (κ1) is 17.9. The average Bonchev–Trinajstić information content (AvgIpc) is 2.99. The fraction of sp³-hybridized carbons (Fsp3) is 0.350. The van der Waals surface area contributed by atoms with E-state index in [2.05, 4.69) is 10.6 Å². The number of alkyl halides is 2. The Morgan fingerprint density at radius 1 is 1.15 bits per heavy atom. The number of hydrogen-bond donors (Lipinski definition) is 2. The molecular formula is C20H20F3N3O. The maximum atomic E-state index is 13.9. The molecule has 1 fully saturated rings. The van der Waals surface area contributed by atoms with E-state index in [1.807, 2.05) is 24.3 Å². The Labute approximate surface area is 155 Å². The zero-order valence-electron chi connectivity index (χ0n) is 14.6. The summed E-state index contributed by atoms with van der Waals surface area (Å²) in [5, 5.41) is 5.09. The van der Waals surface area contributed by atoms with Gasteiger partial charge in [0.05, 0.1) is 12.6 Å². The highest BCUT2D eigenvalue weighted by Gasteiger charge is 2.46. The summed E-state index contributed by atoms with van der Waals surface area (Å²) in [5.41, 5.74) is 2.78. The summed E-state index contributed by atoms with van der Waals surface area (Å²) in [4.78, 5) is 14.4. The number of rotatable bonds is 2. The Morgan fingerprint density at radius 3 is 2.59 bits per heavy atom. The molecule has 2 aliphatic heterocycles. The highest BCUT2D eigenvalue weighted by Crippen LogP contribution is 2.35. The molecule has 0 bridgehead atoms. The molecule has 0 aromatic heterocycles. The van der Waals surface area contributed by atoms with Crippen molar-refractivity contribution >= 4 is 6.03 Å². The Morgan fingerprint density at radius 2 is 1.89 bits per heavy atom. The number of urea groups is 1. The number of carbonyl (C=O) groups excluding carboxylic acids is 1. The van der Waals surface area contributed by atoms with Gasteiger partial charge in [-0.05, 0) is 35.2 Å². The van der Waals surface area contributed by atoms with Gasteiger partial charge in [0.15, 0.2) is 0 Å². The molecule has 0 unspecified atom stereocenters. The quantitative estimate of drug-likeness (QED) is 0.847. The van der Waals surface area contributed by atoms with Gasteiger partial charge in [-0.3, -0.25) is 0 Å². The van der Waals surface area contributed by atoms with Crippen LogP contribution in [0.15, 0.2) is 48.5 Å². The lowest BCUT2D eigenvalue weighted by molar-refractivity contribution is -0.00179. The Balaban J connectivity index is 1.66. The number of nitrogens with zero attached hydrogens (tertiary/aromatic N) is 1. The lowest BCUT2D eigenvalue weighted by atomic mass is 9.88. The van der Waals surface area contributed by atoms with E-state index in [-0.39, 0.29) is 12.4 Å². The first-order chi connectivity index (χ1) is 13.0. The van der Waals surface area contributed by atoms with Crippen molar-refractivity contribution in [1.29, 1.82) is 0 Å². The van der Waals surface area contributed by atoms with Crippen LogP contribution in [0.25, 0.3) is 0 Å². The lowest BCUT2D eigenvalue weighted by Gasteiger charge is -2.38. The molecule has 2 amide bonds. The van der Waals surface area contributed by atoms with Crippen LogP contribution in [0.5, 0.6) is 0 Å². The monoisotopic (exact) mass is 375 g/mol. The topological polar surface area (TPSA) is 44.4 Å². The van der Waals surface area contributed by atoms with E-state index in [0.717, 1.165) is 16.7 Å². The van der Waals surface area contributed by atoms with E-state index >= 15 is 0 Å². The van der Waals surface area contributed by atoms with Crippen LogP contribution in [0.2, 0.25) is 0 Å². The highest BCUT2D eigenvalue weighted by atomic mass is 19.3. The second-order valence-electron chi connectivity index (χ2n) is 6.99. The third kappa shape index (κ3) is 3.39. The first-order valence-electron chi connectivity index (χ1n) is 8.94. The minimum absolute atomic E-state index is 0.0321. The van der Waals surface area contributed by atoms with Gasteiger partial charge >= 0.3 is 6.03 Å². The molecule has 27 heavy (non-hydrogen) atoms. The number of halogens is 3. The van der Waals surface area contributed by atoms with E-state index < -0.39 is 30.6 Å². The van der Waals surface area contributed by atoms with Gasteiger partial charge in [0.2, 0.25) is 0 Å². The van der Waals surface area contributed by atoms with Gasteiger partial charge in [-0.25, -0.2) is 18.0 Å². The predicted octanol–water partition coefficient (Wildman–Crippen LogP) is 3.09. The number of nitrogens with one attached hydrogen (secondary N) is 2. The van der Waals surface area contributed by atoms with Crippen molar-refractivity contribution in [2.24, 2.45) is 0 Å². The van der Waals surface area contributed by atoms with Crippen molar-refractivity contribution in [3.63, 3.8) is 0 Å². The number of fused-ring (bicyclic) bond motifs is 1. The van der Waals surface area contributed by atoms with Gasteiger partial charge in [0, 0.05) is 13.1 Å². The maximum absolute atomic E-state index is 13.9. The predicted molar refractivity (Wildman–Crippen MR) is 95.2 cm³/mol. The van der Waals surface area contributed by atoms with Crippen LogP contribution < -0.4 is 10.6 Å². The molecule has 2 aromatic rings. The minimum Gasteiger partial charge on any atom is -0.328 e. The highest BCUT2D eigenvalue weighted by molar-refractivity contribution is 5.76. The van der Waals surface area contributed by atoms with Crippen molar-refractivity contribution in [2.75, 3.05) is 19.6 Å². The molecule has 2 atom stereocenters. The molecule has 4 nitrogen and oxygen atoms in total. The SMILES string of the molecule is O=C(N[C@H]1CNCC1(F)F)N1CCc2ccccc2[C@@H]1c1ccc(F)cc1. The Bertz CT molecular complexity index is 841. The molecule has 2 N–H and O–H groups in total. The van der Waals surface area contributed by atoms with E-state index in [4.69, 9.17) is 0 Å². The molecule has 2 aromatic carbocycles. The number of hydrogen-bond acceptors (Lipinski definition) is 2. The smallest absolute Gasteiger partial charge is 0.318 e. The summed E-state index contributed by atoms with van der Waals surface area (Å²) >= 11 is 0. The van der Waals surface area contributed by atoms with Crippen LogP contribution in [0, 0.1) is 5.82 Å². The first-order valence-corrected chi connectivity index (χ1v) is 8.94. The summed E-state index contributed by atoms with van der Waals surface area (Å²) in [7, 11) is 0. The molecule has 0 spiro atoms. The minimum atomic E-state index is -2.98. The van der Waals surface area contributed by atoms with E-state index in [1.165, 1.54) is 12.1 Å². The molecular weight excluding hydrogens is 355 g/mol. The van der Waals surface area contributed by atoms with Crippen molar-refractivity contribution < 1.29 is 18.0 Å². The van der Waals surface area contributed by atoms with Gasteiger partial charge in [0.1, 0.15) is 11.9 Å². The van der Waals surface area contributed by atoms with Crippen LogP contribution in [-0.4, -0.2) is 42.5 Å². The second kappa shape index (κ2) is 6.88. The van der Waals surface area contributed by atoms with Crippen LogP contribution in [-0.2, 0) is 6.42 Å². The normalized spacial score (nSPS) is 23.7. The van der Waals surface area contributed by atoms with E-state index in [0.29, 0.717) is 13.0 Å².